The molecule has 0 atom stereocenters. The van der Waals surface area contributed by atoms with Gasteiger partial charge in [0.1, 0.15) is 0 Å². The molecule has 0 bridgehead atoms. The van der Waals surface area contributed by atoms with Gasteiger partial charge in [-0.1, -0.05) is 12.2 Å². The molecule has 0 aromatic rings. The molecule has 0 saturated heterocycles. The Morgan fingerprint density at radius 1 is 1.14 bits per heavy atom. The lowest BCUT2D eigenvalue weighted by atomic mass is 10.0. The van der Waals surface area contributed by atoms with Crippen LogP contribution in [0.15, 0.2) is 34.6 Å². The molecule has 0 unspecified atom stereocenters. The van der Waals surface area contributed by atoms with Crippen LogP contribution in [0.5, 0.6) is 0 Å². The summed E-state index contributed by atoms with van der Waals surface area (Å²) < 4.78 is 0. The first kappa shape index (κ1) is 9.57. The van der Waals surface area contributed by atoms with Gasteiger partial charge >= 0.3 is 0 Å². The zero-order valence-corrected chi connectivity index (χ0v) is 9.03. The van der Waals surface area contributed by atoms with Gasteiger partial charge in [0.15, 0.2) is 0 Å². The highest BCUT2D eigenvalue weighted by atomic mass is 14.6. The van der Waals surface area contributed by atoms with Crippen molar-refractivity contribution in [2.75, 3.05) is 0 Å². The molecule has 0 aromatic heterocycles. The molecule has 0 heterocycles. The summed E-state index contributed by atoms with van der Waals surface area (Å²) in [6.07, 6.45) is 7.21. The van der Waals surface area contributed by atoms with E-state index in [9.17, 15) is 0 Å². The zero-order valence-electron chi connectivity index (χ0n) is 9.03. The third-order valence-corrected chi connectivity index (χ3v) is 3.48. The number of hydrogen-bond acceptors (Lipinski definition) is 1. The first-order chi connectivity index (χ1) is 6.70. The van der Waals surface area contributed by atoms with E-state index in [1.54, 1.807) is 0 Å². The van der Waals surface area contributed by atoms with E-state index in [-0.39, 0.29) is 0 Å². The summed E-state index contributed by atoms with van der Waals surface area (Å²) in [5.74, 6) is 0. The van der Waals surface area contributed by atoms with Crippen molar-refractivity contribution in [3.05, 3.63) is 34.6 Å². The Morgan fingerprint density at radius 2 is 1.86 bits per heavy atom. The first-order valence-electron chi connectivity index (χ1n) is 5.56. The Kier molecular flexibility index (Phi) is 2.49. The van der Waals surface area contributed by atoms with Crippen molar-refractivity contribution in [2.24, 2.45) is 5.73 Å². The monoisotopic (exact) mass is 189 g/mol. The Labute approximate surface area is 86.4 Å². The Bertz CT molecular complexity index is 331. The minimum Gasteiger partial charge on any atom is -0.398 e. The normalized spacial score (nSPS) is 26.2. The van der Waals surface area contributed by atoms with Gasteiger partial charge in [0.2, 0.25) is 0 Å². The summed E-state index contributed by atoms with van der Waals surface area (Å²) in [4.78, 5) is 0. The fraction of sp³-hybridized carbons (Fsp3) is 0.538. The van der Waals surface area contributed by atoms with Crippen molar-refractivity contribution >= 4 is 0 Å². The fourth-order valence-electron chi connectivity index (χ4n) is 2.57. The van der Waals surface area contributed by atoms with Crippen LogP contribution >= 0.6 is 0 Å². The minimum absolute atomic E-state index is 1.06. The zero-order chi connectivity index (χ0) is 10.1. The molecule has 76 valence electrons. The van der Waals surface area contributed by atoms with Crippen LogP contribution in [-0.2, 0) is 0 Å². The molecule has 0 amide bonds. The SMILES string of the molecule is C=C1CCC/C1=C(\N)C1=C(C)CCC1. The van der Waals surface area contributed by atoms with Gasteiger partial charge in [-0.3, -0.25) is 0 Å². The second-order valence-corrected chi connectivity index (χ2v) is 4.46. The third-order valence-electron chi connectivity index (χ3n) is 3.48. The summed E-state index contributed by atoms with van der Waals surface area (Å²) in [7, 11) is 0. The van der Waals surface area contributed by atoms with Crippen LogP contribution in [0.25, 0.3) is 0 Å². The predicted octanol–water partition coefficient (Wildman–Crippen LogP) is 3.44. The Hall–Kier alpha value is -0.980. The van der Waals surface area contributed by atoms with Gasteiger partial charge in [0.25, 0.3) is 0 Å². The highest BCUT2D eigenvalue weighted by Gasteiger charge is 2.20. The van der Waals surface area contributed by atoms with E-state index in [0.29, 0.717) is 0 Å². The second kappa shape index (κ2) is 3.64. The number of hydrogen-bond donors (Lipinski definition) is 1. The highest BCUT2D eigenvalue weighted by molar-refractivity contribution is 5.46. The van der Waals surface area contributed by atoms with Crippen molar-refractivity contribution in [3.8, 4) is 0 Å². The average Bonchev–Trinajstić information content (AvgIpc) is 2.73. The molecule has 0 radical (unpaired) electrons. The molecule has 2 rings (SSSR count). The van der Waals surface area contributed by atoms with E-state index in [0.717, 1.165) is 18.5 Å². The van der Waals surface area contributed by atoms with Gasteiger partial charge in [-0.25, -0.2) is 0 Å². The van der Waals surface area contributed by atoms with E-state index < -0.39 is 0 Å². The lowest BCUT2D eigenvalue weighted by Crippen LogP contribution is -2.05. The predicted molar refractivity (Wildman–Crippen MR) is 60.8 cm³/mol. The third kappa shape index (κ3) is 1.52. The molecular formula is C13H19N. The smallest absolute Gasteiger partial charge is 0.0381 e. The van der Waals surface area contributed by atoms with Crippen LogP contribution in [0.3, 0.4) is 0 Å². The van der Waals surface area contributed by atoms with E-state index in [4.69, 9.17) is 5.73 Å². The van der Waals surface area contributed by atoms with Crippen molar-refractivity contribution in [1.82, 2.24) is 0 Å². The highest BCUT2D eigenvalue weighted by Crippen LogP contribution is 2.36. The largest absolute Gasteiger partial charge is 0.398 e. The van der Waals surface area contributed by atoms with Gasteiger partial charge in [-0.05, 0) is 62.2 Å². The summed E-state index contributed by atoms with van der Waals surface area (Å²) in [6, 6.07) is 0. The van der Waals surface area contributed by atoms with E-state index in [2.05, 4.69) is 13.5 Å². The van der Waals surface area contributed by atoms with Crippen molar-refractivity contribution in [1.29, 1.82) is 0 Å². The lowest BCUT2D eigenvalue weighted by molar-refractivity contribution is 0.889. The molecule has 2 aliphatic rings. The maximum atomic E-state index is 6.23. The van der Waals surface area contributed by atoms with Gasteiger partial charge in [0.05, 0.1) is 0 Å². The minimum atomic E-state index is 1.06. The number of allylic oxidation sites excluding steroid dienone is 4. The van der Waals surface area contributed by atoms with Crippen LogP contribution in [-0.4, -0.2) is 0 Å². The molecule has 0 aliphatic heterocycles. The van der Waals surface area contributed by atoms with E-state index in [1.165, 1.54) is 48.0 Å². The molecule has 1 saturated carbocycles. The van der Waals surface area contributed by atoms with Crippen LogP contribution in [0, 0.1) is 0 Å². The van der Waals surface area contributed by atoms with E-state index >= 15 is 0 Å². The Morgan fingerprint density at radius 3 is 2.36 bits per heavy atom. The molecule has 1 nitrogen and oxygen atoms in total. The maximum Gasteiger partial charge on any atom is 0.0381 e. The molecule has 14 heavy (non-hydrogen) atoms. The van der Waals surface area contributed by atoms with Crippen molar-refractivity contribution in [2.45, 2.75) is 45.4 Å². The Balaban J connectivity index is 2.34. The topological polar surface area (TPSA) is 26.0 Å². The summed E-state index contributed by atoms with van der Waals surface area (Å²) >= 11 is 0. The molecule has 2 aliphatic carbocycles. The molecule has 1 heteroatoms. The van der Waals surface area contributed by atoms with Crippen molar-refractivity contribution < 1.29 is 0 Å². The first-order valence-corrected chi connectivity index (χ1v) is 5.56. The summed E-state index contributed by atoms with van der Waals surface area (Å²) in [5, 5.41) is 0. The molecule has 2 N–H and O–H groups in total. The summed E-state index contributed by atoms with van der Waals surface area (Å²) in [5.41, 5.74) is 12.8. The van der Waals surface area contributed by atoms with E-state index in [1.807, 2.05) is 0 Å². The van der Waals surface area contributed by atoms with Gasteiger partial charge < -0.3 is 5.73 Å². The second-order valence-electron chi connectivity index (χ2n) is 4.46. The quantitative estimate of drug-likeness (QED) is 0.672. The molecule has 0 aromatic carbocycles. The van der Waals surface area contributed by atoms with Crippen LogP contribution in [0.2, 0.25) is 0 Å². The number of nitrogens with two attached hydrogens (primary N) is 1. The average molecular weight is 189 g/mol. The molecular weight excluding hydrogens is 170 g/mol. The van der Waals surface area contributed by atoms with Gasteiger partial charge in [-0.15, -0.1) is 0 Å². The van der Waals surface area contributed by atoms with Gasteiger partial charge in [-0.2, -0.15) is 0 Å². The van der Waals surface area contributed by atoms with Crippen LogP contribution in [0.1, 0.15) is 45.4 Å². The standard InChI is InChI=1S/C13H19N/c1-9-5-3-7-11(9)13(14)12-8-4-6-10(12)2/h1,3-8,14H2,2H3/b13-11+. The maximum absolute atomic E-state index is 6.23. The van der Waals surface area contributed by atoms with Crippen LogP contribution < -0.4 is 5.73 Å². The number of rotatable bonds is 1. The van der Waals surface area contributed by atoms with Crippen LogP contribution in [0.4, 0.5) is 0 Å². The molecule has 1 fully saturated rings. The van der Waals surface area contributed by atoms with Crippen molar-refractivity contribution in [3.63, 3.8) is 0 Å². The summed E-state index contributed by atoms with van der Waals surface area (Å²) in [6.45, 7) is 6.31. The fourth-order valence-corrected chi connectivity index (χ4v) is 2.57. The van der Waals surface area contributed by atoms with Gasteiger partial charge in [0, 0.05) is 5.70 Å². The molecule has 0 spiro atoms. The lowest BCUT2D eigenvalue weighted by Gasteiger charge is -2.09.